The van der Waals surface area contributed by atoms with Gasteiger partial charge in [0.25, 0.3) is 0 Å². The second kappa shape index (κ2) is 4.06. The maximum absolute atomic E-state index is 11.9. The SMILES string of the molecule is C/C1=C\CC[C@@]2(C)O[C@H]2[C@H]2OC(=O)[C@](C)(O)[C@@H]2CC1. The molecule has 4 nitrogen and oxygen atoms in total. The summed E-state index contributed by atoms with van der Waals surface area (Å²) in [5.41, 5.74) is -0.258. The molecule has 0 spiro atoms. The summed E-state index contributed by atoms with van der Waals surface area (Å²) in [5.74, 6) is -0.672. The molecule has 0 amide bonds. The van der Waals surface area contributed by atoms with E-state index in [1.165, 1.54) is 5.57 Å². The van der Waals surface area contributed by atoms with Gasteiger partial charge in [-0.1, -0.05) is 11.6 Å². The highest BCUT2D eigenvalue weighted by molar-refractivity contribution is 5.81. The van der Waals surface area contributed by atoms with Crippen LogP contribution >= 0.6 is 0 Å². The third kappa shape index (κ3) is 2.01. The number of allylic oxidation sites excluding steroid dienone is 2. The highest BCUT2D eigenvalue weighted by Crippen LogP contribution is 2.50. The molecule has 3 aliphatic rings. The van der Waals surface area contributed by atoms with Gasteiger partial charge in [-0.05, 0) is 46.5 Å². The summed E-state index contributed by atoms with van der Waals surface area (Å²) >= 11 is 0. The molecule has 2 heterocycles. The molecule has 0 aromatic heterocycles. The van der Waals surface area contributed by atoms with Crippen LogP contribution in [0.4, 0.5) is 0 Å². The number of carbonyl (C=O) groups is 1. The van der Waals surface area contributed by atoms with Gasteiger partial charge in [-0.15, -0.1) is 0 Å². The first-order chi connectivity index (χ1) is 8.84. The largest absolute Gasteiger partial charge is 0.457 e. The van der Waals surface area contributed by atoms with Crippen molar-refractivity contribution in [3.8, 4) is 0 Å². The van der Waals surface area contributed by atoms with Crippen LogP contribution in [-0.4, -0.2) is 34.5 Å². The minimum atomic E-state index is -1.38. The second-order valence-corrected chi connectivity index (χ2v) is 6.60. The molecule has 0 radical (unpaired) electrons. The first-order valence-corrected chi connectivity index (χ1v) is 7.11. The van der Waals surface area contributed by atoms with Gasteiger partial charge in [0.1, 0.15) is 12.2 Å². The monoisotopic (exact) mass is 266 g/mol. The van der Waals surface area contributed by atoms with Gasteiger partial charge in [-0.2, -0.15) is 0 Å². The summed E-state index contributed by atoms with van der Waals surface area (Å²) in [7, 11) is 0. The molecule has 2 fully saturated rings. The van der Waals surface area contributed by atoms with E-state index < -0.39 is 11.6 Å². The summed E-state index contributed by atoms with van der Waals surface area (Å²) < 4.78 is 11.2. The summed E-state index contributed by atoms with van der Waals surface area (Å²) in [6.07, 6.45) is 5.51. The van der Waals surface area contributed by atoms with Crippen molar-refractivity contribution in [1.82, 2.24) is 0 Å². The van der Waals surface area contributed by atoms with Crippen molar-refractivity contribution in [3.63, 3.8) is 0 Å². The van der Waals surface area contributed by atoms with E-state index in [-0.39, 0.29) is 23.7 Å². The molecule has 4 heteroatoms. The number of hydrogen-bond acceptors (Lipinski definition) is 4. The number of epoxide rings is 1. The van der Waals surface area contributed by atoms with Gasteiger partial charge in [-0.25, -0.2) is 4.79 Å². The molecule has 2 aliphatic heterocycles. The Morgan fingerprint density at radius 3 is 2.89 bits per heavy atom. The Kier molecular flexibility index (Phi) is 2.81. The van der Waals surface area contributed by atoms with Crippen molar-refractivity contribution in [2.24, 2.45) is 5.92 Å². The van der Waals surface area contributed by atoms with Crippen LogP contribution in [0.5, 0.6) is 0 Å². The summed E-state index contributed by atoms with van der Waals surface area (Å²) in [6, 6.07) is 0. The normalized spacial score (nSPS) is 52.5. The van der Waals surface area contributed by atoms with Crippen LogP contribution in [0.1, 0.15) is 46.5 Å². The molecule has 2 saturated heterocycles. The number of esters is 1. The zero-order valence-corrected chi connectivity index (χ0v) is 11.8. The predicted octanol–water partition coefficient (Wildman–Crippen LogP) is 1.96. The van der Waals surface area contributed by atoms with E-state index in [4.69, 9.17) is 9.47 Å². The molecular formula is C15H22O4. The smallest absolute Gasteiger partial charge is 0.338 e. The second-order valence-electron chi connectivity index (χ2n) is 6.60. The van der Waals surface area contributed by atoms with E-state index in [2.05, 4.69) is 19.9 Å². The van der Waals surface area contributed by atoms with Crippen molar-refractivity contribution in [2.45, 2.75) is 69.9 Å². The molecule has 19 heavy (non-hydrogen) atoms. The van der Waals surface area contributed by atoms with Crippen molar-refractivity contribution in [1.29, 1.82) is 0 Å². The highest BCUT2D eigenvalue weighted by atomic mass is 16.7. The van der Waals surface area contributed by atoms with Gasteiger partial charge in [0.05, 0.1) is 5.60 Å². The van der Waals surface area contributed by atoms with Gasteiger partial charge in [0.2, 0.25) is 0 Å². The lowest BCUT2D eigenvalue weighted by Crippen LogP contribution is -2.40. The fourth-order valence-corrected chi connectivity index (χ4v) is 3.48. The van der Waals surface area contributed by atoms with Crippen molar-refractivity contribution >= 4 is 5.97 Å². The Labute approximate surface area is 113 Å². The summed E-state index contributed by atoms with van der Waals surface area (Å²) in [4.78, 5) is 11.9. The zero-order valence-electron chi connectivity index (χ0n) is 11.8. The lowest BCUT2D eigenvalue weighted by Gasteiger charge is -2.25. The van der Waals surface area contributed by atoms with E-state index in [0.717, 1.165) is 25.7 Å². The average Bonchev–Trinajstić information content (AvgIpc) is 2.92. The standard InChI is InChI=1S/C15H22O4/c1-9-5-4-8-14(2)12(19-14)11-10(7-6-9)15(3,17)13(16)18-11/h5,10-12,17H,4,6-8H2,1-3H3/b9-5+/t10-,11+,12+,14-,15-/m1/s1. The van der Waals surface area contributed by atoms with Crippen LogP contribution in [0.15, 0.2) is 11.6 Å². The molecule has 3 rings (SSSR count). The molecule has 0 unspecified atom stereocenters. The lowest BCUT2D eigenvalue weighted by atomic mass is 9.79. The summed E-state index contributed by atoms with van der Waals surface area (Å²) in [6.45, 7) is 5.75. The number of carbonyl (C=O) groups excluding carboxylic acids is 1. The number of rotatable bonds is 0. The van der Waals surface area contributed by atoms with Crippen LogP contribution < -0.4 is 0 Å². The van der Waals surface area contributed by atoms with Gasteiger partial charge >= 0.3 is 5.97 Å². The third-order valence-electron chi connectivity index (χ3n) is 5.00. The van der Waals surface area contributed by atoms with Crippen molar-refractivity contribution in [2.75, 3.05) is 0 Å². The van der Waals surface area contributed by atoms with Crippen LogP contribution in [0, 0.1) is 5.92 Å². The van der Waals surface area contributed by atoms with Crippen molar-refractivity contribution in [3.05, 3.63) is 11.6 Å². The number of fused-ring (bicyclic) bond motifs is 3. The molecule has 0 saturated carbocycles. The number of ether oxygens (including phenoxy) is 2. The Balaban J connectivity index is 1.90. The van der Waals surface area contributed by atoms with Crippen LogP contribution in [0.2, 0.25) is 0 Å². The fraction of sp³-hybridized carbons (Fsp3) is 0.800. The average molecular weight is 266 g/mol. The quantitative estimate of drug-likeness (QED) is 0.413. The zero-order chi connectivity index (χ0) is 13.8. The van der Waals surface area contributed by atoms with Gasteiger partial charge < -0.3 is 14.6 Å². The maximum Gasteiger partial charge on any atom is 0.338 e. The molecule has 0 aromatic rings. The fourth-order valence-electron chi connectivity index (χ4n) is 3.48. The number of hydrogen-bond donors (Lipinski definition) is 1. The van der Waals surface area contributed by atoms with Crippen LogP contribution in [0.3, 0.4) is 0 Å². The Morgan fingerprint density at radius 2 is 2.16 bits per heavy atom. The molecular weight excluding hydrogens is 244 g/mol. The van der Waals surface area contributed by atoms with E-state index in [9.17, 15) is 9.90 Å². The molecule has 1 aliphatic carbocycles. The first kappa shape index (κ1) is 13.1. The van der Waals surface area contributed by atoms with Gasteiger partial charge in [0.15, 0.2) is 5.60 Å². The topological polar surface area (TPSA) is 59.1 Å². The van der Waals surface area contributed by atoms with E-state index >= 15 is 0 Å². The number of aliphatic hydroxyl groups is 1. The Bertz CT molecular complexity index is 439. The Hall–Kier alpha value is -0.870. The van der Waals surface area contributed by atoms with E-state index in [1.807, 2.05) is 0 Å². The van der Waals surface area contributed by atoms with Crippen LogP contribution in [0.25, 0.3) is 0 Å². The molecule has 0 bridgehead atoms. The first-order valence-electron chi connectivity index (χ1n) is 7.11. The van der Waals surface area contributed by atoms with Crippen molar-refractivity contribution < 1.29 is 19.4 Å². The minimum Gasteiger partial charge on any atom is -0.457 e. The molecule has 106 valence electrons. The van der Waals surface area contributed by atoms with Gasteiger partial charge in [0, 0.05) is 5.92 Å². The lowest BCUT2D eigenvalue weighted by molar-refractivity contribution is -0.154. The minimum absolute atomic E-state index is 0.0535. The highest BCUT2D eigenvalue weighted by Gasteiger charge is 2.65. The van der Waals surface area contributed by atoms with E-state index in [1.54, 1.807) is 6.92 Å². The molecule has 1 N–H and O–H groups in total. The summed E-state index contributed by atoms with van der Waals surface area (Å²) in [5, 5.41) is 10.4. The Morgan fingerprint density at radius 1 is 1.42 bits per heavy atom. The molecule has 0 aromatic carbocycles. The molecule has 5 atom stereocenters. The van der Waals surface area contributed by atoms with Crippen LogP contribution in [-0.2, 0) is 14.3 Å². The third-order valence-corrected chi connectivity index (χ3v) is 5.00. The van der Waals surface area contributed by atoms with E-state index in [0.29, 0.717) is 0 Å². The maximum atomic E-state index is 11.9. The predicted molar refractivity (Wildman–Crippen MR) is 69.5 cm³/mol. The van der Waals surface area contributed by atoms with Gasteiger partial charge in [-0.3, -0.25) is 0 Å².